The first-order valence-corrected chi connectivity index (χ1v) is 8.72. The summed E-state index contributed by atoms with van der Waals surface area (Å²) in [6, 6.07) is 5.45. The van der Waals surface area contributed by atoms with Crippen molar-refractivity contribution in [2.24, 2.45) is 0 Å². The molecule has 0 unspecified atom stereocenters. The maximum atomic E-state index is 12.2. The molecule has 0 aliphatic carbocycles. The lowest BCUT2D eigenvalue weighted by Crippen LogP contribution is -2.33. The van der Waals surface area contributed by atoms with Crippen LogP contribution in [0.2, 0.25) is 0 Å². The van der Waals surface area contributed by atoms with E-state index in [0.717, 1.165) is 30.7 Å². The first-order valence-electron chi connectivity index (χ1n) is 8.72. The molecule has 0 spiro atoms. The van der Waals surface area contributed by atoms with Gasteiger partial charge in [-0.25, -0.2) is 0 Å². The van der Waals surface area contributed by atoms with E-state index in [0.29, 0.717) is 31.2 Å². The summed E-state index contributed by atoms with van der Waals surface area (Å²) in [7, 11) is 0. The molecule has 0 fully saturated rings. The average Bonchev–Trinajstić information content (AvgIpc) is 3.37. The molecule has 0 atom stereocenters. The molecule has 7 heteroatoms. The van der Waals surface area contributed by atoms with Gasteiger partial charge in [0.2, 0.25) is 12.7 Å². The highest BCUT2D eigenvalue weighted by Gasteiger charge is 2.20. The predicted octanol–water partition coefficient (Wildman–Crippen LogP) is 2.15. The number of aromatic nitrogens is 2. The Balaban J connectivity index is 1.38. The third kappa shape index (κ3) is 3.24. The normalized spacial score (nSPS) is 14.2. The Bertz CT molecular complexity index is 830. The summed E-state index contributed by atoms with van der Waals surface area (Å²) >= 11 is 0. The Morgan fingerprint density at radius 2 is 2.27 bits per heavy atom. The van der Waals surface area contributed by atoms with E-state index in [-0.39, 0.29) is 12.7 Å². The van der Waals surface area contributed by atoms with Crippen LogP contribution < -0.4 is 14.2 Å². The molecule has 1 amide bonds. The first kappa shape index (κ1) is 16.5. The maximum absolute atomic E-state index is 12.2. The molecule has 26 heavy (non-hydrogen) atoms. The van der Waals surface area contributed by atoms with E-state index in [2.05, 4.69) is 11.7 Å². The fraction of sp³-hybridized carbons (Fsp3) is 0.368. The van der Waals surface area contributed by atoms with Crippen LogP contribution in [0.4, 0.5) is 0 Å². The summed E-state index contributed by atoms with van der Waals surface area (Å²) in [6.45, 7) is 6.15. The topological polar surface area (TPSA) is 65.8 Å². The molecule has 2 aliphatic rings. The van der Waals surface area contributed by atoms with Gasteiger partial charge in [0.1, 0.15) is 12.4 Å². The lowest BCUT2D eigenvalue weighted by atomic mass is 10.2. The Morgan fingerprint density at radius 3 is 3.15 bits per heavy atom. The van der Waals surface area contributed by atoms with Gasteiger partial charge in [0.15, 0.2) is 11.5 Å². The molecule has 0 radical (unpaired) electrons. The van der Waals surface area contributed by atoms with Gasteiger partial charge in [-0.1, -0.05) is 6.58 Å². The van der Waals surface area contributed by atoms with Crippen molar-refractivity contribution in [2.75, 3.05) is 19.9 Å². The van der Waals surface area contributed by atoms with Crippen molar-refractivity contribution in [3.63, 3.8) is 0 Å². The lowest BCUT2D eigenvalue weighted by Gasteiger charge is -2.21. The van der Waals surface area contributed by atoms with E-state index in [1.807, 2.05) is 23.0 Å². The quantitative estimate of drug-likeness (QED) is 0.712. The number of ether oxygens (including phenoxy) is 3. The zero-order chi connectivity index (χ0) is 17.9. The average molecular weight is 355 g/mol. The van der Waals surface area contributed by atoms with Crippen LogP contribution in [0.25, 0.3) is 0 Å². The molecule has 0 saturated heterocycles. The van der Waals surface area contributed by atoms with Gasteiger partial charge in [0.05, 0.1) is 12.7 Å². The van der Waals surface area contributed by atoms with Crippen LogP contribution in [0.15, 0.2) is 37.1 Å². The van der Waals surface area contributed by atoms with Crippen LogP contribution in [-0.4, -0.2) is 40.5 Å². The number of carbonyl (C=O) groups is 1. The standard InChI is InChI=1S/C19H21N3O4/c1-2-19(23)21(12-14-11-20-22-7-3-4-16(14)22)8-9-24-15-5-6-17-18(10-15)26-13-25-17/h2,5-6,10-11H,1,3-4,7-9,12-13H2. The van der Waals surface area contributed by atoms with Gasteiger partial charge < -0.3 is 19.1 Å². The van der Waals surface area contributed by atoms with Crippen molar-refractivity contribution in [2.45, 2.75) is 25.9 Å². The number of carbonyl (C=O) groups excluding carboxylic acids is 1. The van der Waals surface area contributed by atoms with Crippen LogP contribution in [0.1, 0.15) is 17.7 Å². The van der Waals surface area contributed by atoms with E-state index >= 15 is 0 Å². The van der Waals surface area contributed by atoms with Crippen molar-refractivity contribution >= 4 is 5.91 Å². The molecular weight excluding hydrogens is 334 g/mol. The SMILES string of the molecule is C=CC(=O)N(CCOc1ccc2c(c1)OCO2)Cc1cnn2c1CCC2. The van der Waals surface area contributed by atoms with Crippen molar-refractivity contribution in [3.05, 3.63) is 48.3 Å². The highest BCUT2D eigenvalue weighted by atomic mass is 16.7. The molecule has 0 saturated carbocycles. The Morgan fingerprint density at radius 1 is 1.38 bits per heavy atom. The zero-order valence-corrected chi connectivity index (χ0v) is 14.5. The lowest BCUT2D eigenvalue weighted by molar-refractivity contribution is -0.127. The minimum atomic E-state index is -0.114. The van der Waals surface area contributed by atoms with Gasteiger partial charge in [0, 0.05) is 30.4 Å². The highest BCUT2D eigenvalue weighted by Crippen LogP contribution is 2.35. The summed E-state index contributed by atoms with van der Waals surface area (Å²) < 4.78 is 18.4. The number of rotatable bonds is 7. The van der Waals surface area contributed by atoms with Crippen LogP contribution in [0.5, 0.6) is 17.2 Å². The Kier molecular flexibility index (Phi) is 4.51. The van der Waals surface area contributed by atoms with Gasteiger partial charge in [-0.3, -0.25) is 9.48 Å². The Labute approximate surface area is 151 Å². The van der Waals surface area contributed by atoms with Gasteiger partial charge in [-0.15, -0.1) is 0 Å². The summed E-state index contributed by atoms with van der Waals surface area (Å²) in [5.41, 5.74) is 2.32. The number of fused-ring (bicyclic) bond motifs is 2. The second kappa shape index (κ2) is 7.11. The fourth-order valence-electron chi connectivity index (χ4n) is 3.30. The number of nitrogens with zero attached hydrogens (tertiary/aromatic N) is 3. The smallest absolute Gasteiger partial charge is 0.246 e. The van der Waals surface area contributed by atoms with E-state index in [1.165, 1.54) is 11.8 Å². The van der Waals surface area contributed by atoms with Crippen LogP contribution in [0.3, 0.4) is 0 Å². The summed E-state index contributed by atoms with van der Waals surface area (Å²) in [5, 5.41) is 4.39. The number of aryl methyl sites for hydroxylation is 1. The summed E-state index contributed by atoms with van der Waals surface area (Å²) in [4.78, 5) is 14.0. The fourth-order valence-corrected chi connectivity index (χ4v) is 3.30. The monoisotopic (exact) mass is 355 g/mol. The van der Waals surface area contributed by atoms with Crippen LogP contribution in [-0.2, 0) is 24.3 Å². The maximum Gasteiger partial charge on any atom is 0.246 e. The number of amides is 1. The third-order valence-corrected chi connectivity index (χ3v) is 4.64. The number of benzene rings is 1. The molecule has 0 N–H and O–H groups in total. The molecule has 2 aromatic rings. The molecule has 3 heterocycles. The van der Waals surface area contributed by atoms with E-state index < -0.39 is 0 Å². The molecule has 136 valence electrons. The molecule has 1 aromatic carbocycles. The molecule has 0 bridgehead atoms. The van der Waals surface area contributed by atoms with E-state index in [1.54, 1.807) is 11.0 Å². The number of hydrogen-bond acceptors (Lipinski definition) is 5. The minimum absolute atomic E-state index is 0.114. The highest BCUT2D eigenvalue weighted by molar-refractivity contribution is 5.87. The van der Waals surface area contributed by atoms with Crippen molar-refractivity contribution < 1.29 is 19.0 Å². The van der Waals surface area contributed by atoms with Crippen LogP contribution in [0, 0.1) is 0 Å². The Hall–Kier alpha value is -2.96. The number of hydrogen-bond donors (Lipinski definition) is 0. The zero-order valence-electron chi connectivity index (χ0n) is 14.5. The van der Waals surface area contributed by atoms with Crippen molar-refractivity contribution in [1.29, 1.82) is 0 Å². The van der Waals surface area contributed by atoms with Gasteiger partial charge in [-0.2, -0.15) is 5.10 Å². The first-order chi connectivity index (χ1) is 12.7. The molecule has 2 aliphatic heterocycles. The van der Waals surface area contributed by atoms with Crippen LogP contribution >= 0.6 is 0 Å². The van der Waals surface area contributed by atoms with Gasteiger partial charge in [0.25, 0.3) is 0 Å². The van der Waals surface area contributed by atoms with E-state index in [9.17, 15) is 4.79 Å². The molecule has 4 rings (SSSR count). The third-order valence-electron chi connectivity index (χ3n) is 4.64. The minimum Gasteiger partial charge on any atom is -0.492 e. The van der Waals surface area contributed by atoms with E-state index in [4.69, 9.17) is 14.2 Å². The van der Waals surface area contributed by atoms with Crippen molar-refractivity contribution in [1.82, 2.24) is 14.7 Å². The van der Waals surface area contributed by atoms with Gasteiger partial charge in [-0.05, 0) is 31.1 Å². The summed E-state index contributed by atoms with van der Waals surface area (Å²) in [6.07, 6.45) is 5.32. The van der Waals surface area contributed by atoms with Crippen molar-refractivity contribution in [3.8, 4) is 17.2 Å². The predicted molar refractivity (Wildman–Crippen MR) is 94.2 cm³/mol. The van der Waals surface area contributed by atoms with Gasteiger partial charge >= 0.3 is 0 Å². The molecule has 7 nitrogen and oxygen atoms in total. The summed E-state index contributed by atoms with van der Waals surface area (Å²) in [5.74, 6) is 1.97. The largest absolute Gasteiger partial charge is 0.492 e. The second-order valence-corrected chi connectivity index (χ2v) is 6.27. The second-order valence-electron chi connectivity index (χ2n) is 6.27. The molecule has 1 aromatic heterocycles. The molecular formula is C19H21N3O4.